The van der Waals surface area contributed by atoms with Crippen LogP contribution < -0.4 is 10.2 Å². The number of carbonyl (C=O) groups excluding carboxylic acids is 2. The Hall–Kier alpha value is -2.63. The van der Waals surface area contributed by atoms with E-state index in [1.165, 1.54) is 6.07 Å². The number of nitrogens with zero attached hydrogens (tertiary/aromatic N) is 4. The van der Waals surface area contributed by atoms with Crippen LogP contribution in [0, 0.1) is 0 Å². The van der Waals surface area contributed by atoms with Crippen molar-refractivity contribution >= 4 is 30.3 Å². The Balaban J connectivity index is 1.24. The second-order valence-corrected chi connectivity index (χ2v) is 9.63. The molecule has 7 nitrogen and oxygen atoms in total. The topological polar surface area (TPSA) is 68.8 Å². The fourth-order valence-corrected chi connectivity index (χ4v) is 5.58. The molecule has 35 heavy (non-hydrogen) atoms. The number of piperazine rings is 1. The van der Waals surface area contributed by atoms with Gasteiger partial charge in [0.05, 0.1) is 11.4 Å². The van der Waals surface area contributed by atoms with Crippen molar-refractivity contribution in [1.29, 1.82) is 0 Å². The highest BCUT2D eigenvalue weighted by atomic mass is 32.1. The van der Waals surface area contributed by atoms with E-state index in [2.05, 4.69) is 21.3 Å². The number of aromatic nitrogens is 1. The summed E-state index contributed by atoms with van der Waals surface area (Å²) >= 11 is 4.79. The number of piperidine rings is 1. The van der Waals surface area contributed by atoms with E-state index in [9.17, 15) is 22.8 Å². The molecule has 0 aliphatic carbocycles. The number of halogens is 3. The third-order valence-electron chi connectivity index (χ3n) is 6.97. The van der Waals surface area contributed by atoms with Gasteiger partial charge in [-0.2, -0.15) is 25.8 Å². The van der Waals surface area contributed by atoms with Crippen molar-refractivity contribution < 1.29 is 22.8 Å². The lowest BCUT2D eigenvalue weighted by molar-refractivity contribution is -0.141. The Labute approximate surface area is 206 Å². The van der Waals surface area contributed by atoms with Gasteiger partial charge >= 0.3 is 6.18 Å². The van der Waals surface area contributed by atoms with Crippen LogP contribution in [-0.4, -0.2) is 58.8 Å². The largest absolute Gasteiger partial charge is 0.433 e. The first kappa shape index (κ1) is 24.1. The normalized spacial score (nSPS) is 23.9. The Morgan fingerprint density at radius 1 is 1.06 bits per heavy atom. The molecule has 5 rings (SSSR count). The van der Waals surface area contributed by atoms with Gasteiger partial charge in [0.25, 0.3) is 0 Å². The minimum Gasteiger partial charge on any atom is -0.354 e. The first-order valence-corrected chi connectivity index (χ1v) is 12.1. The van der Waals surface area contributed by atoms with E-state index in [0.717, 1.165) is 22.8 Å². The third kappa shape index (κ3) is 4.89. The number of amides is 2. The minimum atomic E-state index is -4.46. The third-order valence-corrected chi connectivity index (χ3v) is 7.54. The lowest BCUT2D eigenvalue weighted by atomic mass is 10.0. The summed E-state index contributed by atoms with van der Waals surface area (Å²) in [6.07, 6.45) is -3.66. The van der Waals surface area contributed by atoms with Gasteiger partial charge in [0.1, 0.15) is 11.5 Å². The number of alkyl halides is 3. The first-order chi connectivity index (χ1) is 16.7. The monoisotopic (exact) mass is 505 g/mol. The Bertz CT molecular complexity index is 1140. The Morgan fingerprint density at radius 2 is 1.80 bits per heavy atom. The Kier molecular flexibility index (Phi) is 6.49. The van der Waals surface area contributed by atoms with Gasteiger partial charge in [0.2, 0.25) is 11.8 Å². The van der Waals surface area contributed by atoms with Crippen molar-refractivity contribution in [3.63, 3.8) is 0 Å². The van der Waals surface area contributed by atoms with E-state index in [4.69, 9.17) is 12.6 Å². The van der Waals surface area contributed by atoms with Gasteiger partial charge in [-0.05, 0) is 35.2 Å². The summed E-state index contributed by atoms with van der Waals surface area (Å²) in [5.74, 6) is -0.161. The molecule has 3 aliphatic heterocycles. The molecule has 186 valence electrons. The van der Waals surface area contributed by atoms with Crippen molar-refractivity contribution in [3.8, 4) is 0 Å². The molecule has 0 radical (unpaired) electrons. The summed E-state index contributed by atoms with van der Waals surface area (Å²) in [6.45, 7) is 3.85. The lowest BCUT2D eigenvalue weighted by Gasteiger charge is -2.36. The predicted octanol–water partition coefficient (Wildman–Crippen LogP) is 2.97. The van der Waals surface area contributed by atoms with Crippen molar-refractivity contribution in [1.82, 2.24) is 20.1 Å². The molecule has 1 aromatic heterocycles. The van der Waals surface area contributed by atoms with Crippen molar-refractivity contribution in [3.05, 3.63) is 58.8 Å². The van der Waals surface area contributed by atoms with Gasteiger partial charge in [0.15, 0.2) is 0 Å². The van der Waals surface area contributed by atoms with Crippen LogP contribution in [0.15, 0.2) is 36.4 Å². The summed E-state index contributed by atoms with van der Waals surface area (Å²) in [5, 5.41) is 2.20. The number of carbonyl (C=O) groups is 2. The van der Waals surface area contributed by atoms with Crippen LogP contribution in [0.5, 0.6) is 0 Å². The van der Waals surface area contributed by atoms with Crippen LogP contribution in [0.3, 0.4) is 0 Å². The lowest BCUT2D eigenvalue weighted by Crippen LogP contribution is -2.51. The minimum absolute atomic E-state index is 0.224. The summed E-state index contributed by atoms with van der Waals surface area (Å²) in [6, 6.07) is 9.71. The molecule has 1 aromatic carbocycles. The van der Waals surface area contributed by atoms with E-state index in [1.807, 2.05) is 21.9 Å². The Morgan fingerprint density at radius 3 is 2.51 bits per heavy atom. The maximum Gasteiger partial charge on any atom is 0.433 e. The van der Waals surface area contributed by atoms with Crippen molar-refractivity contribution in [2.45, 2.75) is 43.5 Å². The second kappa shape index (κ2) is 9.44. The molecule has 0 saturated carbocycles. The smallest absolute Gasteiger partial charge is 0.354 e. The molecule has 3 aliphatic rings. The van der Waals surface area contributed by atoms with Crippen LogP contribution in [0.2, 0.25) is 0 Å². The molecule has 2 saturated heterocycles. The number of nitrogens with one attached hydrogen (secondary N) is 1. The maximum atomic E-state index is 13.0. The fraction of sp³-hybridized carbons (Fsp3) is 0.458. The molecular weight excluding hydrogens is 479 g/mol. The van der Waals surface area contributed by atoms with Gasteiger partial charge in [-0.15, -0.1) is 0 Å². The number of anilines is 1. The van der Waals surface area contributed by atoms with E-state index in [-0.39, 0.29) is 23.2 Å². The number of benzene rings is 1. The summed E-state index contributed by atoms with van der Waals surface area (Å²) in [4.78, 5) is 34.0. The SMILES string of the molecule is O=C1CCC(N2Cc3c(CN4CCN(c5cccc(C(F)(F)F)n5)CC4)cccc3C2S)C(=O)N1. The molecule has 2 amide bonds. The van der Waals surface area contributed by atoms with Crippen molar-refractivity contribution in [2.24, 2.45) is 0 Å². The molecule has 1 N–H and O–H groups in total. The molecule has 0 spiro atoms. The van der Waals surface area contributed by atoms with E-state index in [1.54, 1.807) is 6.07 Å². The highest BCUT2D eigenvalue weighted by Crippen LogP contribution is 2.41. The van der Waals surface area contributed by atoms with Crippen LogP contribution in [0.4, 0.5) is 19.0 Å². The standard InChI is InChI=1S/C24H26F3N5O2S/c25-24(26,27)19-5-2-6-20(28-19)31-11-9-30(10-12-31)13-15-3-1-4-16-17(15)14-32(23(16)35)18-7-8-21(33)29-22(18)34/h1-6,18,23,35H,7-14H2,(H,29,33,34). The van der Waals surface area contributed by atoms with Crippen LogP contribution in [0.25, 0.3) is 0 Å². The molecule has 2 unspecified atom stereocenters. The molecule has 11 heteroatoms. The highest BCUT2D eigenvalue weighted by molar-refractivity contribution is 7.80. The van der Waals surface area contributed by atoms with Crippen LogP contribution >= 0.6 is 12.6 Å². The molecular formula is C24H26F3N5O2S. The molecule has 2 aromatic rings. The van der Waals surface area contributed by atoms with Crippen LogP contribution in [-0.2, 0) is 28.9 Å². The maximum absolute atomic E-state index is 13.0. The van der Waals surface area contributed by atoms with Gasteiger partial charge in [-0.3, -0.25) is 24.7 Å². The van der Waals surface area contributed by atoms with Gasteiger partial charge in [0, 0.05) is 45.7 Å². The average molecular weight is 506 g/mol. The molecule has 0 bridgehead atoms. The van der Waals surface area contributed by atoms with Gasteiger partial charge in [-0.1, -0.05) is 24.3 Å². The number of pyridine rings is 1. The molecule has 2 atom stereocenters. The average Bonchev–Trinajstić information content (AvgIpc) is 3.16. The number of hydrogen-bond donors (Lipinski definition) is 2. The van der Waals surface area contributed by atoms with Crippen molar-refractivity contribution in [2.75, 3.05) is 31.1 Å². The van der Waals surface area contributed by atoms with E-state index in [0.29, 0.717) is 57.9 Å². The van der Waals surface area contributed by atoms with Gasteiger partial charge < -0.3 is 4.90 Å². The quantitative estimate of drug-likeness (QED) is 0.492. The number of thiol groups is 1. The number of imide groups is 1. The zero-order chi connectivity index (χ0) is 24.7. The molecule has 2 fully saturated rings. The van der Waals surface area contributed by atoms with Crippen LogP contribution in [0.1, 0.15) is 40.6 Å². The zero-order valence-electron chi connectivity index (χ0n) is 19.0. The first-order valence-electron chi connectivity index (χ1n) is 11.6. The number of hydrogen-bond acceptors (Lipinski definition) is 7. The molecule has 4 heterocycles. The zero-order valence-corrected chi connectivity index (χ0v) is 19.9. The van der Waals surface area contributed by atoms with E-state index >= 15 is 0 Å². The number of fused-ring (bicyclic) bond motifs is 1. The summed E-state index contributed by atoms with van der Waals surface area (Å²) in [7, 11) is 0. The summed E-state index contributed by atoms with van der Waals surface area (Å²) in [5.41, 5.74) is 2.50. The highest BCUT2D eigenvalue weighted by Gasteiger charge is 2.40. The van der Waals surface area contributed by atoms with E-state index < -0.39 is 11.9 Å². The number of rotatable bonds is 4. The fourth-order valence-electron chi connectivity index (χ4n) is 5.10. The van der Waals surface area contributed by atoms with Gasteiger partial charge in [-0.25, -0.2) is 4.98 Å². The predicted molar refractivity (Wildman–Crippen MR) is 127 cm³/mol. The summed E-state index contributed by atoms with van der Waals surface area (Å²) < 4.78 is 39.1. The second-order valence-electron chi connectivity index (χ2n) is 9.14.